The van der Waals surface area contributed by atoms with Gasteiger partial charge in [0.05, 0.1) is 24.6 Å². The maximum Gasteiger partial charge on any atom is 0.337 e. The minimum atomic E-state index is -3.52. The van der Waals surface area contributed by atoms with Crippen LogP contribution in [-0.2, 0) is 27.8 Å². The number of esters is 1. The van der Waals surface area contributed by atoms with E-state index in [0.29, 0.717) is 40.5 Å². The largest absolute Gasteiger partial charge is 0.465 e. The number of nitrogens with one attached hydrogen (secondary N) is 1. The van der Waals surface area contributed by atoms with Crippen molar-refractivity contribution in [2.75, 3.05) is 23.0 Å². The van der Waals surface area contributed by atoms with E-state index >= 15 is 0 Å². The van der Waals surface area contributed by atoms with Crippen molar-refractivity contribution in [2.24, 2.45) is 0 Å². The van der Waals surface area contributed by atoms with Crippen LogP contribution in [-0.4, -0.2) is 27.8 Å². The van der Waals surface area contributed by atoms with Gasteiger partial charge >= 0.3 is 5.97 Å². The van der Waals surface area contributed by atoms with Gasteiger partial charge in [-0.15, -0.1) is 0 Å². The molecule has 0 atom stereocenters. The summed E-state index contributed by atoms with van der Waals surface area (Å²) in [7, 11) is -2.21. The summed E-state index contributed by atoms with van der Waals surface area (Å²) in [6, 6.07) is 22.5. The molecule has 0 unspecified atom stereocenters. The maximum atomic E-state index is 14.6. The highest BCUT2D eigenvalue weighted by Crippen LogP contribution is 2.31. The van der Waals surface area contributed by atoms with Crippen molar-refractivity contribution < 1.29 is 31.5 Å². The molecule has 40 heavy (non-hydrogen) atoms. The fourth-order valence-electron chi connectivity index (χ4n) is 4.18. The SMILES string of the molecule is COC(=O)c1cccc(Oc2ccc(CN(Cc3ccc(F)cc3F)c3cccc(NS(C)(=O)=O)c3C)cc2)c1. The van der Waals surface area contributed by atoms with E-state index in [2.05, 4.69) is 4.72 Å². The number of ether oxygens (including phenoxy) is 2. The minimum Gasteiger partial charge on any atom is -0.465 e. The van der Waals surface area contributed by atoms with Gasteiger partial charge in [-0.3, -0.25) is 4.72 Å². The second kappa shape index (κ2) is 12.2. The van der Waals surface area contributed by atoms with Gasteiger partial charge in [0.1, 0.15) is 23.1 Å². The first-order valence-electron chi connectivity index (χ1n) is 12.2. The van der Waals surface area contributed by atoms with Gasteiger partial charge in [-0.1, -0.05) is 30.3 Å². The molecule has 0 radical (unpaired) electrons. The first-order chi connectivity index (χ1) is 19.0. The van der Waals surface area contributed by atoms with Gasteiger partial charge in [-0.2, -0.15) is 0 Å². The van der Waals surface area contributed by atoms with Crippen molar-refractivity contribution in [1.82, 2.24) is 0 Å². The van der Waals surface area contributed by atoms with Gasteiger partial charge in [0.25, 0.3) is 0 Å². The molecule has 0 fully saturated rings. The Morgan fingerprint density at radius 2 is 1.62 bits per heavy atom. The summed E-state index contributed by atoms with van der Waals surface area (Å²) in [5.74, 6) is -0.807. The average Bonchev–Trinajstić information content (AvgIpc) is 2.91. The third-order valence-corrected chi connectivity index (χ3v) is 6.70. The third kappa shape index (κ3) is 7.35. The molecule has 0 aliphatic carbocycles. The highest BCUT2D eigenvalue weighted by molar-refractivity contribution is 7.92. The molecule has 10 heteroatoms. The second-order valence-corrected chi connectivity index (χ2v) is 10.9. The van der Waals surface area contributed by atoms with E-state index in [1.54, 1.807) is 55.5 Å². The maximum absolute atomic E-state index is 14.6. The zero-order chi connectivity index (χ0) is 28.9. The van der Waals surface area contributed by atoms with Gasteiger partial charge in [0.2, 0.25) is 10.0 Å². The molecule has 7 nitrogen and oxygen atoms in total. The van der Waals surface area contributed by atoms with Crippen LogP contribution in [0.4, 0.5) is 20.2 Å². The molecule has 4 aromatic carbocycles. The zero-order valence-electron chi connectivity index (χ0n) is 22.1. The zero-order valence-corrected chi connectivity index (χ0v) is 23.0. The van der Waals surface area contributed by atoms with Crippen LogP contribution in [0.2, 0.25) is 0 Å². The van der Waals surface area contributed by atoms with Crippen molar-refractivity contribution in [3.63, 3.8) is 0 Å². The van der Waals surface area contributed by atoms with Crippen LogP contribution in [0, 0.1) is 18.6 Å². The molecule has 0 aliphatic heterocycles. The lowest BCUT2D eigenvalue weighted by Gasteiger charge is -2.28. The Bertz CT molecular complexity index is 1630. The molecular formula is C30H28F2N2O5S. The molecule has 0 saturated heterocycles. The standard InChI is InChI=1S/C30H28F2N2O5S/c1-20-28(33-40(3,36)37)8-5-9-29(20)34(19-23-12-13-24(31)17-27(23)32)18-21-10-14-25(15-11-21)39-26-7-4-6-22(16-26)30(35)38-2/h4-17,33H,18-19H2,1-3H3. The number of nitrogens with zero attached hydrogens (tertiary/aromatic N) is 1. The fraction of sp³-hybridized carbons (Fsp3) is 0.167. The lowest BCUT2D eigenvalue weighted by Crippen LogP contribution is -2.24. The summed E-state index contributed by atoms with van der Waals surface area (Å²) in [6.07, 6.45) is 1.07. The van der Waals surface area contributed by atoms with E-state index < -0.39 is 27.6 Å². The van der Waals surface area contributed by atoms with E-state index in [-0.39, 0.29) is 12.1 Å². The van der Waals surface area contributed by atoms with Crippen molar-refractivity contribution >= 4 is 27.4 Å². The first kappa shape index (κ1) is 28.6. The Morgan fingerprint density at radius 1 is 0.900 bits per heavy atom. The number of carbonyl (C=O) groups excluding carboxylic acids is 1. The number of hydrogen-bond acceptors (Lipinski definition) is 6. The summed E-state index contributed by atoms with van der Waals surface area (Å²) in [4.78, 5) is 13.7. The third-order valence-electron chi connectivity index (χ3n) is 6.11. The smallest absolute Gasteiger partial charge is 0.337 e. The van der Waals surface area contributed by atoms with Crippen LogP contribution >= 0.6 is 0 Å². The Labute approximate surface area is 232 Å². The molecule has 208 valence electrons. The molecular weight excluding hydrogens is 538 g/mol. The van der Waals surface area contributed by atoms with Gasteiger partial charge in [0.15, 0.2) is 0 Å². The van der Waals surface area contributed by atoms with Crippen LogP contribution in [0.15, 0.2) is 84.9 Å². The van der Waals surface area contributed by atoms with Crippen LogP contribution in [0.5, 0.6) is 11.5 Å². The number of benzene rings is 4. The molecule has 0 heterocycles. The monoisotopic (exact) mass is 566 g/mol. The number of hydrogen-bond donors (Lipinski definition) is 1. The van der Waals surface area contributed by atoms with Gasteiger partial charge in [-0.05, 0) is 66.6 Å². The number of methoxy groups -OCH3 is 1. The average molecular weight is 567 g/mol. The predicted molar refractivity (Wildman–Crippen MR) is 150 cm³/mol. The topological polar surface area (TPSA) is 84.9 Å². The molecule has 0 saturated carbocycles. The number of sulfonamides is 1. The van der Waals surface area contributed by atoms with Crippen molar-refractivity contribution in [1.29, 1.82) is 0 Å². The van der Waals surface area contributed by atoms with Crippen LogP contribution in [0.3, 0.4) is 0 Å². The normalized spacial score (nSPS) is 11.1. The van der Waals surface area contributed by atoms with Crippen molar-refractivity contribution in [3.8, 4) is 11.5 Å². The van der Waals surface area contributed by atoms with Crippen molar-refractivity contribution in [3.05, 3.63) is 119 Å². The molecule has 4 aromatic rings. The molecule has 4 rings (SSSR count). The summed E-state index contributed by atoms with van der Waals surface area (Å²) in [6.45, 7) is 2.21. The van der Waals surface area contributed by atoms with Crippen LogP contribution in [0.1, 0.15) is 27.0 Å². The summed E-state index contributed by atoms with van der Waals surface area (Å²) >= 11 is 0. The van der Waals surface area contributed by atoms with E-state index in [1.807, 2.05) is 23.1 Å². The highest BCUT2D eigenvalue weighted by atomic mass is 32.2. The number of anilines is 2. The van der Waals surface area contributed by atoms with Gasteiger partial charge in [-0.25, -0.2) is 22.0 Å². The Kier molecular flexibility index (Phi) is 8.69. The van der Waals surface area contributed by atoms with Gasteiger partial charge in [0, 0.05) is 30.4 Å². The van der Waals surface area contributed by atoms with Crippen molar-refractivity contribution in [2.45, 2.75) is 20.0 Å². The quantitative estimate of drug-likeness (QED) is 0.223. The van der Waals surface area contributed by atoms with E-state index in [1.165, 1.54) is 19.2 Å². The summed E-state index contributed by atoms with van der Waals surface area (Å²) < 4.78 is 65.1. The molecule has 1 N–H and O–H groups in total. The number of carbonyl (C=O) groups is 1. The number of rotatable bonds is 10. The molecule has 0 aliphatic rings. The molecule has 0 aromatic heterocycles. The highest BCUT2D eigenvalue weighted by Gasteiger charge is 2.17. The second-order valence-electron chi connectivity index (χ2n) is 9.18. The Hall–Kier alpha value is -4.44. The van der Waals surface area contributed by atoms with Crippen LogP contribution in [0.25, 0.3) is 0 Å². The Morgan fingerprint density at radius 3 is 2.30 bits per heavy atom. The Balaban J connectivity index is 1.61. The van der Waals surface area contributed by atoms with E-state index in [9.17, 15) is 22.0 Å². The summed E-state index contributed by atoms with van der Waals surface area (Å²) in [5.41, 5.74) is 3.25. The lowest BCUT2D eigenvalue weighted by atomic mass is 10.1. The molecule has 0 spiro atoms. The van der Waals surface area contributed by atoms with E-state index in [0.717, 1.165) is 17.9 Å². The van der Waals surface area contributed by atoms with Crippen LogP contribution < -0.4 is 14.4 Å². The lowest BCUT2D eigenvalue weighted by molar-refractivity contribution is 0.0600. The number of halogens is 2. The molecule has 0 bridgehead atoms. The first-order valence-corrected chi connectivity index (χ1v) is 14.1. The predicted octanol–water partition coefficient (Wildman–Crippen LogP) is 6.43. The summed E-state index contributed by atoms with van der Waals surface area (Å²) in [5, 5.41) is 0. The van der Waals surface area contributed by atoms with E-state index in [4.69, 9.17) is 9.47 Å². The minimum absolute atomic E-state index is 0.105. The molecule has 0 amide bonds. The van der Waals surface area contributed by atoms with Gasteiger partial charge < -0.3 is 14.4 Å². The fourth-order valence-corrected chi connectivity index (χ4v) is 4.80.